The van der Waals surface area contributed by atoms with E-state index in [2.05, 4.69) is 12.1 Å². The maximum absolute atomic E-state index is 11.3. The van der Waals surface area contributed by atoms with E-state index in [9.17, 15) is 10.1 Å². The second kappa shape index (κ2) is 5.26. The quantitative estimate of drug-likeness (QED) is 0.522. The lowest BCUT2D eigenvalue weighted by atomic mass is 9.94. The van der Waals surface area contributed by atoms with Gasteiger partial charge in [-0.1, -0.05) is 48.5 Å². The van der Waals surface area contributed by atoms with Gasteiger partial charge in [0.1, 0.15) is 6.07 Å². The summed E-state index contributed by atoms with van der Waals surface area (Å²) in [6.45, 7) is 1.32. The van der Waals surface area contributed by atoms with Gasteiger partial charge in [-0.2, -0.15) is 5.26 Å². The molecule has 1 atom stereocenters. The first-order valence-corrected chi connectivity index (χ1v) is 6.68. The third kappa shape index (κ3) is 2.32. The molecule has 0 aliphatic carbocycles. The Bertz CT molecular complexity index is 823. The molecule has 3 nitrogen and oxygen atoms in total. The van der Waals surface area contributed by atoms with Crippen molar-refractivity contribution in [2.24, 2.45) is 0 Å². The third-order valence-electron chi connectivity index (χ3n) is 3.48. The van der Waals surface area contributed by atoms with Crippen LogP contribution in [0, 0.1) is 11.3 Å². The van der Waals surface area contributed by atoms with Crippen LogP contribution < -0.4 is 0 Å². The summed E-state index contributed by atoms with van der Waals surface area (Å²) in [6, 6.07) is 19.8. The van der Waals surface area contributed by atoms with E-state index in [1.54, 1.807) is 0 Å². The number of fused-ring (bicyclic) bond motifs is 2. The Kier molecular flexibility index (Phi) is 3.29. The number of carbonyl (C=O) groups excluding carboxylic acids is 1. The second-order valence-corrected chi connectivity index (χ2v) is 4.85. The first-order valence-electron chi connectivity index (χ1n) is 6.68. The lowest BCUT2D eigenvalue weighted by Gasteiger charge is -2.16. The maximum atomic E-state index is 11.3. The Morgan fingerprint density at radius 2 is 1.57 bits per heavy atom. The average molecular weight is 275 g/mol. The predicted molar refractivity (Wildman–Crippen MR) is 81.6 cm³/mol. The number of ether oxygens (including phenoxy) is 1. The Balaban J connectivity index is 2.39. The first kappa shape index (κ1) is 13.1. The van der Waals surface area contributed by atoms with Crippen LogP contribution in [0.1, 0.15) is 18.6 Å². The molecule has 0 aliphatic rings. The molecule has 0 fully saturated rings. The van der Waals surface area contributed by atoms with Crippen molar-refractivity contribution in [2.75, 3.05) is 0 Å². The maximum Gasteiger partial charge on any atom is 0.304 e. The molecule has 0 aromatic heterocycles. The molecular weight excluding hydrogens is 262 g/mol. The highest BCUT2D eigenvalue weighted by atomic mass is 16.5. The Labute approximate surface area is 122 Å². The third-order valence-corrected chi connectivity index (χ3v) is 3.48. The number of carbonyl (C=O) groups is 1. The summed E-state index contributed by atoms with van der Waals surface area (Å²) in [4.78, 5) is 11.3. The van der Waals surface area contributed by atoms with Gasteiger partial charge in [0.25, 0.3) is 0 Å². The molecule has 3 aromatic carbocycles. The fraction of sp³-hybridized carbons (Fsp3) is 0.111. The summed E-state index contributed by atoms with van der Waals surface area (Å²) in [6.07, 6.45) is -0.904. The van der Waals surface area contributed by atoms with Crippen molar-refractivity contribution in [1.82, 2.24) is 0 Å². The van der Waals surface area contributed by atoms with Gasteiger partial charge in [0.05, 0.1) is 0 Å². The minimum atomic E-state index is -0.904. The van der Waals surface area contributed by atoms with Gasteiger partial charge in [-0.25, -0.2) is 0 Å². The molecule has 0 saturated carbocycles. The summed E-state index contributed by atoms with van der Waals surface area (Å²) in [7, 11) is 0. The molecule has 1 unspecified atom stereocenters. The summed E-state index contributed by atoms with van der Waals surface area (Å²) >= 11 is 0. The normalized spacial score (nSPS) is 12.0. The molecule has 0 spiro atoms. The predicted octanol–water partition coefficient (Wildman–Crippen LogP) is 4.12. The molecule has 0 radical (unpaired) electrons. The summed E-state index contributed by atoms with van der Waals surface area (Å²) in [5.41, 5.74) is 0.751. The standard InChI is InChI=1S/C18H13NO2/c1-12(20)21-17(11-19)18-15-8-4-2-6-13(15)10-14-7-3-5-9-16(14)18/h2-10,17H,1H3. The van der Waals surface area contributed by atoms with E-state index >= 15 is 0 Å². The van der Waals surface area contributed by atoms with Crippen molar-refractivity contribution in [3.8, 4) is 6.07 Å². The van der Waals surface area contributed by atoms with E-state index in [0.717, 1.165) is 27.1 Å². The van der Waals surface area contributed by atoms with E-state index in [4.69, 9.17) is 4.74 Å². The van der Waals surface area contributed by atoms with Crippen LogP contribution in [0.3, 0.4) is 0 Å². The molecule has 0 aliphatic heterocycles. The van der Waals surface area contributed by atoms with Gasteiger partial charge in [0.2, 0.25) is 6.10 Å². The number of hydrogen-bond donors (Lipinski definition) is 0. The fourth-order valence-electron chi connectivity index (χ4n) is 2.65. The van der Waals surface area contributed by atoms with Gasteiger partial charge in [0.15, 0.2) is 0 Å². The minimum absolute atomic E-state index is 0.460. The Morgan fingerprint density at radius 3 is 2.05 bits per heavy atom. The number of esters is 1. The lowest BCUT2D eigenvalue weighted by molar-refractivity contribution is -0.144. The summed E-state index contributed by atoms with van der Waals surface area (Å²) in [5, 5.41) is 13.3. The highest BCUT2D eigenvalue weighted by Crippen LogP contribution is 2.34. The molecule has 0 bridgehead atoms. The van der Waals surface area contributed by atoms with E-state index < -0.39 is 12.1 Å². The van der Waals surface area contributed by atoms with Crippen molar-refractivity contribution >= 4 is 27.5 Å². The Hall–Kier alpha value is -2.86. The van der Waals surface area contributed by atoms with E-state index in [-0.39, 0.29) is 0 Å². The molecule has 102 valence electrons. The van der Waals surface area contributed by atoms with Crippen molar-refractivity contribution in [1.29, 1.82) is 5.26 Å². The summed E-state index contributed by atoms with van der Waals surface area (Å²) in [5.74, 6) is -0.460. The molecule has 21 heavy (non-hydrogen) atoms. The highest BCUT2D eigenvalue weighted by molar-refractivity contribution is 6.03. The number of nitriles is 1. The first-order chi connectivity index (χ1) is 10.2. The minimum Gasteiger partial charge on any atom is -0.442 e. The zero-order chi connectivity index (χ0) is 14.8. The zero-order valence-corrected chi connectivity index (χ0v) is 11.5. The molecular formula is C18H13NO2. The molecule has 3 aromatic rings. The fourth-order valence-corrected chi connectivity index (χ4v) is 2.65. The average Bonchev–Trinajstić information content (AvgIpc) is 2.50. The number of benzene rings is 3. The lowest BCUT2D eigenvalue weighted by Crippen LogP contribution is -2.07. The molecule has 0 saturated heterocycles. The number of nitrogens with zero attached hydrogens (tertiary/aromatic N) is 1. The van der Waals surface area contributed by atoms with E-state index in [1.165, 1.54) is 6.92 Å². The highest BCUT2D eigenvalue weighted by Gasteiger charge is 2.19. The monoisotopic (exact) mass is 275 g/mol. The number of rotatable bonds is 2. The molecule has 0 N–H and O–H groups in total. The van der Waals surface area contributed by atoms with Crippen molar-refractivity contribution in [2.45, 2.75) is 13.0 Å². The van der Waals surface area contributed by atoms with Gasteiger partial charge in [-0.3, -0.25) is 4.79 Å². The second-order valence-electron chi connectivity index (χ2n) is 4.85. The van der Waals surface area contributed by atoms with Crippen LogP contribution in [0.15, 0.2) is 54.6 Å². The van der Waals surface area contributed by atoms with Gasteiger partial charge in [0, 0.05) is 12.5 Å². The zero-order valence-electron chi connectivity index (χ0n) is 11.5. The van der Waals surface area contributed by atoms with Crippen molar-refractivity contribution in [3.63, 3.8) is 0 Å². The van der Waals surface area contributed by atoms with Crippen LogP contribution in [0.25, 0.3) is 21.5 Å². The molecule has 0 amide bonds. The van der Waals surface area contributed by atoms with Crippen LogP contribution in [-0.4, -0.2) is 5.97 Å². The number of hydrogen-bond acceptors (Lipinski definition) is 3. The SMILES string of the molecule is CC(=O)OC(C#N)c1c2ccccc2cc2ccccc12. The van der Waals surface area contributed by atoms with Gasteiger partial charge >= 0.3 is 5.97 Å². The van der Waals surface area contributed by atoms with Gasteiger partial charge in [-0.15, -0.1) is 0 Å². The van der Waals surface area contributed by atoms with Crippen LogP contribution in [0.2, 0.25) is 0 Å². The van der Waals surface area contributed by atoms with Crippen molar-refractivity contribution < 1.29 is 9.53 Å². The van der Waals surface area contributed by atoms with Crippen molar-refractivity contribution in [3.05, 3.63) is 60.2 Å². The largest absolute Gasteiger partial charge is 0.442 e. The van der Waals surface area contributed by atoms with E-state index in [0.29, 0.717) is 0 Å². The van der Waals surface area contributed by atoms with Crippen LogP contribution in [0.5, 0.6) is 0 Å². The molecule has 3 heteroatoms. The van der Waals surface area contributed by atoms with Gasteiger partial charge < -0.3 is 4.74 Å². The topological polar surface area (TPSA) is 50.1 Å². The Morgan fingerprint density at radius 1 is 1.05 bits per heavy atom. The van der Waals surface area contributed by atoms with Gasteiger partial charge in [-0.05, 0) is 27.6 Å². The molecule has 0 heterocycles. The molecule has 3 rings (SSSR count). The van der Waals surface area contributed by atoms with Crippen LogP contribution in [0.4, 0.5) is 0 Å². The van der Waals surface area contributed by atoms with E-state index in [1.807, 2.05) is 48.5 Å². The van der Waals surface area contributed by atoms with Crippen LogP contribution in [-0.2, 0) is 9.53 Å². The summed E-state index contributed by atoms with van der Waals surface area (Å²) < 4.78 is 5.20. The van der Waals surface area contributed by atoms with Crippen LogP contribution >= 0.6 is 0 Å². The smallest absolute Gasteiger partial charge is 0.304 e.